The van der Waals surface area contributed by atoms with Crippen LogP contribution >= 0.6 is 22.6 Å². The molecule has 0 radical (unpaired) electrons. The van der Waals surface area contributed by atoms with Gasteiger partial charge in [-0.3, -0.25) is 4.98 Å². The summed E-state index contributed by atoms with van der Waals surface area (Å²) < 4.78 is 75.6. The van der Waals surface area contributed by atoms with Crippen molar-refractivity contribution >= 4 is 22.6 Å². The van der Waals surface area contributed by atoms with Crippen LogP contribution in [0.2, 0.25) is 0 Å². The molecule has 0 spiro atoms. The normalized spacial score (nSPS) is 10.1. The molecule has 30 heavy (non-hydrogen) atoms. The molecule has 0 aliphatic rings. The van der Waals surface area contributed by atoms with Gasteiger partial charge in [0.1, 0.15) is 17.1 Å². The highest BCUT2D eigenvalue weighted by Crippen LogP contribution is 2.25. The smallest absolute Gasteiger partial charge is 0.200 e. The molecule has 3 nitrogen and oxygen atoms in total. The van der Waals surface area contributed by atoms with Crippen molar-refractivity contribution in [3.63, 3.8) is 0 Å². The van der Waals surface area contributed by atoms with Crippen molar-refractivity contribution in [2.24, 2.45) is 0 Å². The molecule has 1 aromatic carbocycles. The van der Waals surface area contributed by atoms with Crippen LogP contribution in [0.15, 0.2) is 64.1 Å². The van der Waals surface area contributed by atoms with Crippen LogP contribution in [0.3, 0.4) is 0 Å². The average molecular weight is 529 g/mol. The fourth-order valence-corrected chi connectivity index (χ4v) is 2.63. The van der Waals surface area contributed by atoms with Gasteiger partial charge < -0.3 is 8.83 Å². The predicted molar refractivity (Wildman–Crippen MR) is 107 cm³/mol. The molecule has 0 aliphatic carbocycles. The van der Waals surface area contributed by atoms with Gasteiger partial charge in [0, 0.05) is 46.1 Å². The van der Waals surface area contributed by atoms with E-state index >= 15 is 0 Å². The number of furan rings is 2. The van der Waals surface area contributed by atoms with Crippen molar-refractivity contribution in [1.29, 1.82) is 0 Å². The maximum atomic E-state index is 12.8. The summed E-state index contributed by atoms with van der Waals surface area (Å²) in [6.45, 7) is 0. The number of pyridine rings is 1. The molecule has 0 saturated carbocycles. The van der Waals surface area contributed by atoms with Gasteiger partial charge in [-0.2, -0.15) is 0 Å². The predicted octanol–water partition coefficient (Wildman–Crippen LogP) is 6.73. The Morgan fingerprint density at radius 1 is 0.733 bits per heavy atom. The topological polar surface area (TPSA) is 39.2 Å². The van der Waals surface area contributed by atoms with E-state index in [4.69, 9.17) is 8.83 Å². The van der Waals surface area contributed by atoms with Crippen LogP contribution in [-0.4, -0.2) is 4.98 Å². The quantitative estimate of drug-likeness (QED) is 0.0951. The summed E-state index contributed by atoms with van der Waals surface area (Å²) in [6, 6.07) is 9.51. The Hall–Kier alpha value is -3.13. The molecule has 0 saturated heterocycles. The zero-order chi connectivity index (χ0) is 21.7. The molecule has 4 aromatic rings. The second kappa shape index (κ2) is 9.58. The summed E-state index contributed by atoms with van der Waals surface area (Å²) in [6.07, 6.45) is 6.83. The highest BCUT2D eigenvalue weighted by molar-refractivity contribution is 14.1. The number of benzene rings is 1. The van der Waals surface area contributed by atoms with Gasteiger partial charge in [-0.05, 0) is 40.2 Å². The van der Waals surface area contributed by atoms with Crippen LogP contribution < -0.4 is 0 Å². The first kappa shape index (κ1) is 21.6. The molecule has 0 atom stereocenters. The molecule has 0 aliphatic heterocycles. The van der Waals surface area contributed by atoms with Crippen LogP contribution in [0.1, 0.15) is 5.56 Å². The van der Waals surface area contributed by atoms with Gasteiger partial charge in [-0.25, -0.2) is 22.0 Å². The lowest BCUT2D eigenvalue weighted by atomic mass is 10.1. The van der Waals surface area contributed by atoms with Crippen molar-refractivity contribution < 1.29 is 30.8 Å². The van der Waals surface area contributed by atoms with Crippen molar-refractivity contribution in [2.75, 3.05) is 0 Å². The van der Waals surface area contributed by atoms with E-state index < -0.39 is 34.6 Å². The van der Waals surface area contributed by atoms with E-state index in [1.807, 2.05) is 34.3 Å². The van der Waals surface area contributed by atoms with E-state index in [1.54, 1.807) is 30.8 Å². The molecule has 4 rings (SSSR count). The fourth-order valence-electron chi connectivity index (χ4n) is 2.36. The monoisotopic (exact) mass is 529 g/mol. The number of aromatic nitrogens is 1. The SMILES string of the molecule is Fc1c(F)c(F)c(C#CI)c(F)c1F.c1coc(-c2cncc(-c3ccco3)c2)c1. The van der Waals surface area contributed by atoms with Gasteiger partial charge in [-0.1, -0.05) is 0 Å². The molecule has 152 valence electrons. The van der Waals surface area contributed by atoms with Gasteiger partial charge in [0.2, 0.25) is 5.82 Å². The van der Waals surface area contributed by atoms with Crippen molar-refractivity contribution in [3.8, 4) is 32.5 Å². The molecule has 0 bridgehead atoms. The van der Waals surface area contributed by atoms with Gasteiger partial charge in [-0.15, -0.1) is 0 Å². The second-order valence-electron chi connectivity index (χ2n) is 5.58. The number of halogens is 6. The molecular weight excluding hydrogens is 520 g/mol. The van der Waals surface area contributed by atoms with E-state index in [0.717, 1.165) is 22.6 Å². The Bertz CT molecular complexity index is 1130. The molecule has 3 aromatic heterocycles. The average Bonchev–Trinajstić information content (AvgIpc) is 3.49. The third-order valence-corrected chi connectivity index (χ3v) is 4.00. The third-order valence-electron chi connectivity index (χ3n) is 3.73. The first-order chi connectivity index (χ1) is 14.4. The standard InChI is InChI=1S/C13H9NO2.C8F5I/c1-3-12(15-5-1)10-7-11(9-14-8-10)13-4-2-6-16-13;9-4-3(1-2-14)5(10)7(12)8(13)6(4)11/h1-9H;. The Balaban J connectivity index is 0.000000173. The highest BCUT2D eigenvalue weighted by atomic mass is 127. The van der Waals surface area contributed by atoms with Crippen LogP contribution in [0.4, 0.5) is 22.0 Å². The summed E-state index contributed by atoms with van der Waals surface area (Å²) in [5.41, 5.74) is 0.772. The summed E-state index contributed by atoms with van der Waals surface area (Å²) in [5.74, 6) is -6.57. The fraction of sp³-hybridized carbons (Fsp3) is 0. The lowest BCUT2D eigenvalue weighted by Gasteiger charge is -2.01. The maximum absolute atomic E-state index is 12.8. The first-order valence-corrected chi connectivity index (χ1v) is 9.17. The molecule has 3 heterocycles. The van der Waals surface area contributed by atoms with E-state index in [2.05, 4.69) is 4.98 Å². The lowest BCUT2D eigenvalue weighted by Crippen LogP contribution is -2.04. The first-order valence-electron chi connectivity index (χ1n) is 8.10. The molecular formula is C21H9F5INO2. The van der Waals surface area contributed by atoms with E-state index in [1.165, 1.54) is 22.6 Å². The number of nitrogens with zero attached hydrogens (tertiary/aromatic N) is 1. The van der Waals surface area contributed by atoms with Crippen LogP contribution in [0.5, 0.6) is 0 Å². The van der Waals surface area contributed by atoms with Crippen molar-refractivity contribution in [2.45, 2.75) is 0 Å². The Labute approximate surface area is 180 Å². The molecule has 0 fully saturated rings. The van der Waals surface area contributed by atoms with Gasteiger partial charge in [0.15, 0.2) is 23.3 Å². The van der Waals surface area contributed by atoms with Crippen LogP contribution in [-0.2, 0) is 0 Å². The number of hydrogen-bond acceptors (Lipinski definition) is 3. The van der Waals surface area contributed by atoms with Crippen molar-refractivity contribution in [1.82, 2.24) is 4.98 Å². The van der Waals surface area contributed by atoms with Crippen LogP contribution in [0.25, 0.3) is 22.6 Å². The van der Waals surface area contributed by atoms with Gasteiger partial charge in [0.25, 0.3) is 0 Å². The Morgan fingerprint density at radius 3 is 1.60 bits per heavy atom. The molecule has 9 heteroatoms. The minimum absolute atomic E-state index is 0.806. The summed E-state index contributed by atoms with van der Waals surface area (Å²) in [4.78, 5) is 4.18. The molecule has 0 unspecified atom stereocenters. The van der Waals surface area contributed by atoms with E-state index in [-0.39, 0.29) is 0 Å². The number of rotatable bonds is 2. The molecule has 0 amide bonds. The minimum atomic E-state index is -2.18. The Morgan fingerprint density at radius 2 is 1.20 bits per heavy atom. The number of hydrogen-bond donors (Lipinski definition) is 0. The van der Waals surface area contributed by atoms with Gasteiger partial charge >= 0.3 is 0 Å². The second-order valence-corrected chi connectivity index (χ2v) is 6.12. The summed E-state index contributed by atoms with van der Waals surface area (Å²) >= 11 is 1.42. The zero-order valence-electron chi connectivity index (χ0n) is 14.7. The zero-order valence-corrected chi connectivity index (χ0v) is 16.9. The minimum Gasteiger partial charge on any atom is -0.464 e. The summed E-state index contributed by atoms with van der Waals surface area (Å²) in [5, 5.41) is 0. The third kappa shape index (κ3) is 4.54. The summed E-state index contributed by atoms with van der Waals surface area (Å²) in [7, 11) is 0. The van der Waals surface area contributed by atoms with E-state index in [9.17, 15) is 22.0 Å². The van der Waals surface area contributed by atoms with Gasteiger partial charge in [0.05, 0.1) is 12.5 Å². The highest BCUT2D eigenvalue weighted by Gasteiger charge is 2.24. The van der Waals surface area contributed by atoms with Crippen LogP contribution in [0, 0.1) is 38.9 Å². The lowest BCUT2D eigenvalue weighted by molar-refractivity contribution is 0.376. The maximum Gasteiger partial charge on any atom is 0.200 e. The molecule has 0 N–H and O–H groups in total. The van der Waals surface area contributed by atoms with E-state index in [0.29, 0.717) is 0 Å². The largest absolute Gasteiger partial charge is 0.464 e. The van der Waals surface area contributed by atoms with Crippen molar-refractivity contribution in [3.05, 3.63) is 89.9 Å². The Kier molecular flexibility index (Phi) is 6.89.